The molecule has 1 atom stereocenters. The van der Waals surface area contributed by atoms with Gasteiger partial charge in [0, 0.05) is 19.6 Å². The predicted octanol–water partition coefficient (Wildman–Crippen LogP) is 1.04. The summed E-state index contributed by atoms with van der Waals surface area (Å²) in [4.78, 5) is 11.2. The van der Waals surface area contributed by atoms with Gasteiger partial charge in [-0.25, -0.2) is 0 Å². The SMILES string of the molecule is CCC(=O)C(Nc1ccon1)OC. The molecule has 1 unspecified atom stereocenters. The first-order valence-corrected chi connectivity index (χ1v) is 4.00. The Morgan fingerprint density at radius 2 is 2.62 bits per heavy atom. The van der Waals surface area contributed by atoms with Crippen LogP contribution in [-0.2, 0) is 9.53 Å². The van der Waals surface area contributed by atoms with Crippen molar-refractivity contribution in [1.82, 2.24) is 5.16 Å². The maximum absolute atomic E-state index is 11.2. The topological polar surface area (TPSA) is 64.4 Å². The number of carbonyl (C=O) groups is 1. The standard InChI is InChI=1S/C8H12N2O3/c1-3-6(11)8(12-2)9-7-4-5-13-10-7/h4-5,8H,3H2,1-2H3,(H,9,10). The van der Waals surface area contributed by atoms with Crippen LogP contribution in [0.4, 0.5) is 5.82 Å². The van der Waals surface area contributed by atoms with E-state index in [-0.39, 0.29) is 5.78 Å². The van der Waals surface area contributed by atoms with Gasteiger partial charge in [0.15, 0.2) is 17.8 Å². The van der Waals surface area contributed by atoms with E-state index < -0.39 is 6.23 Å². The summed E-state index contributed by atoms with van der Waals surface area (Å²) < 4.78 is 9.53. The molecule has 5 nitrogen and oxygen atoms in total. The lowest BCUT2D eigenvalue weighted by Crippen LogP contribution is -2.30. The summed E-state index contributed by atoms with van der Waals surface area (Å²) in [5.74, 6) is 0.471. The van der Waals surface area contributed by atoms with Crippen molar-refractivity contribution < 1.29 is 14.1 Å². The van der Waals surface area contributed by atoms with Crippen molar-refractivity contribution in [3.05, 3.63) is 12.3 Å². The van der Waals surface area contributed by atoms with Crippen molar-refractivity contribution in [2.45, 2.75) is 19.6 Å². The van der Waals surface area contributed by atoms with Crippen LogP contribution in [0.25, 0.3) is 0 Å². The van der Waals surface area contributed by atoms with E-state index >= 15 is 0 Å². The maximum atomic E-state index is 11.2. The molecule has 0 aromatic carbocycles. The highest BCUT2D eigenvalue weighted by atomic mass is 16.5. The Kier molecular flexibility index (Phi) is 3.45. The summed E-state index contributed by atoms with van der Waals surface area (Å²) in [6, 6.07) is 1.62. The highest BCUT2D eigenvalue weighted by molar-refractivity contribution is 5.84. The molecule has 0 fully saturated rings. The largest absolute Gasteiger partial charge is 0.363 e. The zero-order chi connectivity index (χ0) is 9.68. The molecule has 13 heavy (non-hydrogen) atoms. The summed E-state index contributed by atoms with van der Waals surface area (Å²) in [6.07, 6.45) is 1.20. The fourth-order valence-electron chi connectivity index (χ4n) is 0.878. The predicted molar refractivity (Wildman–Crippen MR) is 46.2 cm³/mol. The number of anilines is 1. The number of hydrogen-bond donors (Lipinski definition) is 1. The number of nitrogens with one attached hydrogen (secondary N) is 1. The average Bonchev–Trinajstić information content (AvgIpc) is 2.65. The van der Waals surface area contributed by atoms with Gasteiger partial charge in [0.2, 0.25) is 0 Å². The number of hydrogen-bond acceptors (Lipinski definition) is 5. The van der Waals surface area contributed by atoms with Crippen molar-refractivity contribution in [3.8, 4) is 0 Å². The minimum absolute atomic E-state index is 0.0227. The molecule has 1 rings (SSSR count). The normalized spacial score (nSPS) is 12.5. The number of nitrogens with zero attached hydrogens (tertiary/aromatic N) is 1. The molecule has 0 amide bonds. The fraction of sp³-hybridized carbons (Fsp3) is 0.500. The van der Waals surface area contributed by atoms with Gasteiger partial charge in [-0.05, 0) is 0 Å². The van der Waals surface area contributed by atoms with E-state index in [0.717, 1.165) is 0 Å². The van der Waals surface area contributed by atoms with E-state index in [4.69, 9.17) is 4.74 Å². The number of ketones is 1. The summed E-state index contributed by atoms with van der Waals surface area (Å²) in [5, 5.41) is 6.39. The minimum Gasteiger partial charge on any atom is -0.363 e. The molecule has 0 bridgehead atoms. The summed E-state index contributed by atoms with van der Waals surface area (Å²) >= 11 is 0. The number of rotatable bonds is 5. The van der Waals surface area contributed by atoms with Crippen molar-refractivity contribution >= 4 is 11.6 Å². The van der Waals surface area contributed by atoms with Gasteiger partial charge < -0.3 is 14.6 Å². The fourth-order valence-corrected chi connectivity index (χ4v) is 0.878. The molecular weight excluding hydrogens is 172 g/mol. The smallest absolute Gasteiger partial charge is 0.188 e. The van der Waals surface area contributed by atoms with Gasteiger partial charge in [-0.2, -0.15) is 0 Å². The van der Waals surface area contributed by atoms with Crippen LogP contribution in [0.3, 0.4) is 0 Å². The zero-order valence-electron chi connectivity index (χ0n) is 7.61. The van der Waals surface area contributed by atoms with Gasteiger partial charge in [0.1, 0.15) is 6.26 Å². The number of Topliss-reactive ketones (excluding diaryl/α,β-unsaturated/α-hetero) is 1. The Morgan fingerprint density at radius 1 is 1.85 bits per heavy atom. The van der Waals surface area contributed by atoms with Gasteiger partial charge in [-0.3, -0.25) is 4.79 Å². The molecule has 1 aromatic heterocycles. The van der Waals surface area contributed by atoms with Gasteiger partial charge in [-0.1, -0.05) is 12.1 Å². The third kappa shape index (κ3) is 2.55. The quantitative estimate of drug-likeness (QED) is 0.692. The molecular formula is C8H12N2O3. The van der Waals surface area contributed by atoms with Crippen LogP contribution >= 0.6 is 0 Å². The highest BCUT2D eigenvalue weighted by Crippen LogP contribution is 2.05. The van der Waals surface area contributed by atoms with Crippen LogP contribution in [-0.4, -0.2) is 24.3 Å². The lowest BCUT2D eigenvalue weighted by atomic mass is 10.3. The number of carbonyl (C=O) groups excluding carboxylic acids is 1. The highest BCUT2D eigenvalue weighted by Gasteiger charge is 2.15. The molecule has 1 heterocycles. The first-order chi connectivity index (χ1) is 6.27. The van der Waals surface area contributed by atoms with E-state index in [1.54, 1.807) is 13.0 Å². The molecule has 5 heteroatoms. The molecule has 0 aliphatic rings. The number of methoxy groups -OCH3 is 1. The van der Waals surface area contributed by atoms with E-state index in [0.29, 0.717) is 12.2 Å². The molecule has 0 saturated heterocycles. The second kappa shape index (κ2) is 4.61. The van der Waals surface area contributed by atoms with Crippen LogP contribution in [0, 0.1) is 0 Å². The van der Waals surface area contributed by atoms with Crippen molar-refractivity contribution in [2.75, 3.05) is 12.4 Å². The third-order valence-electron chi connectivity index (χ3n) is 1.59. The first kappa shape index (κ1) is 9.73. The van der Waals surface area contributed by atoms with E-state index in [1.165, 1.54) is 13.4 Å². The Balaban J connectivity index is 2.54. The molecule has 1 aromatic rings. The van der Waals surface area contributed by atoms with Crippen molar-refractivity contribution in [1.29, 1.82) is 0 Å². The van der Waals surface area contributed by atoms with Crippen molar-refractivity contribution in [2.24, 2.45) is 0 Å². The molecule has 0 spiro atoms. The van der Waals surface area contributed by atoms with Crippen molar-refractivity contribution in [3.63, 3.8) is 0 Å². The Hall–Kier alpha value is -1.36. The molecule has 0 aliphatic heterocycles. The van der Waals surface area contributed by atoms with Crippen LogP contribution in [0.1, 0.15) is 13.3 Å². The van der Waals surface area contributed by atoms with E-state index in [9.17, 15) is 4.79 Å². The molecule has 0 radical (unpaired) electrons. The van der Waals surface area contributed by atoms with Gasteiger partial charge in [0.05, 0.1) is 0 Å². The summed E-state index contributed by atoms with van der Waals surface area (Å²) in [5.41, 5.74) is 0. The second-order valence-corrected chi connectivity index (χ2v) is 2.46. The monoisotopic (exact) mass is 184 g/mol. The summed E-state index contributed by atoms with van der Waals surface area (Å²) in [7, 11) is 1.46. The van der Waals surface area contributed by atoms with Gasteiger partial charge in [0.25, 0.3) is 0 Å². The maximum Gasteiger partial charge on any atom is 0.188 e. The molecule has 72 valence electrons. The van der Waals surface area contributed by atoms with Gasteiger partial charge in [-0.15, -0.1) is 0 Å². The Bertz CT molecular complexity index is 258. The van der Waals surface area contributed by atoms with E-state index in [1.807, 2.05) is 0 Å². The van der Waals surface area contributed by atoms with Crippen LogP contribution in [0.15, 0.2) is 16.9 Å². The summed E-state index contributed by atoms with van der Waals surface area (Å²) in [6.45, 7) is 1.78. The van der Waals surface area contributed by atoms with E-state index in [2.05, 4.69) is 15.0 Å². The van der Waals surface area contributed by atoms with Gasteiger partial charge >= 0.3 is 0 Å². The molecule has 0 saturated carbocycles. The Morgan fingerprint density at radius 3 is 3.08 bits per heavy atom. The molecule has 0 aliphatic carbocycles. The zero-order valence-corrected chi connectivity index (χ0v) is 7.61. The number of ether oxygens (including phenoxy) is 1. The first-order valence-electron chi connectivity index (χ1n) is 4.00. The minimum atomic E-state index is -0.643. The third-order valence-corrected chi connectivity index (χ3v) is 1.59. The Labute approximate surface area is 76.0 Å². The lowest BCUT2D eigenvalue weighted by Gasteiger charge is -2.13. The average molecular weight is 184 g/mol. The van der Waals surface area contributed by atoms with Crippen LogP contribution < -0.4 is 5.32 Å². The number of aromatic nitrogens is 1. The second-order valence-electron chi connectivity index (χ2n) is 2.46. The van der Waals surface area contributed by atoms with Crippen LogP contribution in [0.2, 0.25) is 0 Å². The molecule has 1 N–H and O–H groups in total. The van der Waals surface area contributed by atoms with Crippen LogP contribution in [0.5, 0.6) is 0 Å². The lowest BCUT2D eigenvalue weighted by molar-refractivity contribution is -0.126.